The SMILES string of the molecule is Cc1noc(-c2ccccc2)c1C(=O)N1CCCC(c2nccs2)C1. The lowest BCUT2D eigenvalue weighted by Gasteiger charge is -2.31. The van der Waals surface area contributed by atoms with Crippen LogP contribution >= 0.6 is 11.3 Å². The number of benzene rings is 1. The number of hydrogen-bond acceptors (Lipinski definition) is 5. The Balaban J connectivity index is 1.62. The van der Waals surface area contributed by atoms with E-state index in [0.717, 1.165) is 30.0 Å². The molecule has 128 valence electrons. The van der Waals surface area contributed by atoms with Gasteiger partial charge in [-0.25, -0.2) is 4.98 Å². The van der Waals surface area contributed by atoms with Gasteiger partial charge in [0.2, 0.25) is 0 Å². The summed E-state index contributed by atoms with van der Waals surface area (Å²) in [6.45, 7) is 3.29. The first-order chi connectivity index (χ1) is 12.2. The number of aromatic nitrogens is 2. The fraction of sp³-hybridized carbons (Fsp3) is 0.316. The van der Waals surface area contributed by atoms with E-state index in [2.05, 4.69) is 10.1 Å². The van der Waals surface area contributed by atoms with Crippen LogP contribution in [0.1, 0.15) is 39.8 Å². The van der Waals surface area contributed by atoms with Crippen LogP contribution in [0.4, 0.5) is 0 Å². The molecule has 0 aliphatic carbocycles. The predicted octanol–water partition coefficient (Wildman–Crippen LogP) is 4.13. The molecule has 1 aliphatic heterocycles. The second-order valence-corrected chi connectivity index (χ2v) is 7.22. The summed E-state index contributed by atoms with van der Waals surface area (Å²) in [4.78, 5) is 19.5. The third-order valence-electron chi connectivity index (χ3n) is 4.62. The fourth-order valence-electron chi connectivity index (χ4n) is 3.37. The van der Waals surface area contributed by atoms with Gasteiger partial charge in [-0.05, 0) is 19.8 Å². The Morgan fingerprint density at radius 2 is 2.16 bits per heavy atom. The second kappa shape index (κ2) is 6.80. The Morgan fingerprint density at radius 1 is 1.32 bits per heavy atom. The molecule has 1 fully saturated rings. The van der Waals surface area contributed by atoms with Crippen molar-refractivity contribution in [1.29, 1.82) is 0 Å². The molecule has 1 saturated heterocycles. The van der Waals surface area contributed by atoms with Crippen molar-refractivity contribution in [3.8, 4) is 11.3 Å². The van der Waals surface area contributed by atoms with Gasteiger partial charge in [0.15, 0.2) is 5.76 Å². The topological polar surface area (TPSA) is 59.2 Å². The third-order valence-corrected chi connectivity index (χ3v) is 5.56. The average molecular weight is 353 g/mol. The number of hydrogen-bond donors (Lipinski definition) is 0. The monoisotopic (exact) mass is 353 g/mol. The number of carbonyl (C=O) groups excluding carboxylic acids is 1. The van der Waals surface area contributed by atoms with Gasteiger partial charge in [-0.3, -0.25) is 4.79 Å². The van der Waals surface area contributed by atoms with Crippen LogP contribution in [0.5, 0.6) is 0 Å². The number of rotatable bonds is 3. The summed E-state index contributed by atoms with van der Waals surface area (Å²) in [5, 5.41) is 7.15. The van der Waals surface area contributed by atoms with Gasteiger partial charge < -0.3 is 9.42 Å². The van der Waals surface area contributed by atoms with Gasteiger partial charge in [0.1, 0.15) is 5.56 Å². The molecule has 3 heterocycles. The van der Waals surface area contributed by atoms with Crippen LogP contribution in [-0.4, -0.2) is 34.0 Å². The lowest BCUT2D eigenvalue weighted by molar-refractivity contribution is 0.0706. The molecule has 2 aromatic heterocycles. The van der Waals surface area contributed by atoms with Gasteiger partial charge in [0, 0.05) is 36.1 Å². The van der Waals surface area contributed by atoms with Crippen LogP contribution in [0.15, 0.2) is 46.4 Å². The molecule has 0 spiro atoms. The molecular formula is C19H19N3O2S. The van der Waals surface area contributed by atoms with Gasteiger partial charge in [0.25, 0.3) is 5.91 Å². The number of carbonyl (C=O) groups is 1. The highest BCUT2D eigenvalue weighted by molar-refractivity contribution is 7.09. The second-order valence-electron chi connectivity index (χ2n) is 6.30. The van der Waals surface area contributed by atoms with Crippen molar-refractivity contribution in [1.82, 2.24) is 15.0 Å². The molecule has 5 nitrogen and oxygen atoms in total. The van der Waals surface area contributed by atoms with Crippen LogP contribution in [-0.2, 0) is 0 Å². The zero-order valence-electron chi connectivity index (χ0n) is 14.0. The van der Waals surface area contributed by atoms with Crippen molar-refractivity contribution >= 4 is 17.2 Å². The maximum absolute atomic E-state index is 13.2. The van der Waals surface area contributed by atoms with Gasteiger partial charge in [0.05, 0.1) is 10.7 Å². The lowest BCUT2D eigenvalue weighted by Crippen LogP contribution is -2.39. The molecule has 0 bridgehead atoms. The largest absolute Gasteiger partial charge is 0.355 e. The molecule has 1 atom stereocenters. The Labute approximate surface area is 150 Å². The van der Waals surface area contributed by atoms with E-state index in [1.807, 2.05) is 53.7 Å². The highest BCUT2D eigenvalue weighted by Crippen LogP contribution is 2.32. The van der Waals surface area contributed by atoms with E-state index in [1.165, 1.54) is 0 Å². The smallest absolute Gasteiger partial charge is 0.259 e. The first-order valence-electron chi connectivity index (χ1n) is 8.44. The maximum Gasteiger partial charge on any atom is 0.259 e. The lowest BCUT2D eigenvalue weighted by atomic mass is 9.97. The Morgan fingerprint density at radius 3 is 2.92 bits per heavy atom. The number of nitrogens with zero attached hydrogens (tertiary/aromatic N) is 3. The summed E-state index contributed by atoms with van der Waals surface area (Å²) >= 11 is 1.66. The van der Waals surface area contributed by atoms with Gasteiger partial charge >= 0.3 is 0 Å². The molecule has 0 saturated carbocycles. The van der Waals surface area contributed by atoms with Gasteiger partial charge in [-0.2, -0.15) is 0 Å². The average Bonchev–Trinajstić information content (AvgIpc) is 3.32. The van der Waals surface area contributed by atoms with Crippen molar-refractivity contribution in [2.45, 2.75) is 25.7 Å². The number of aryl methyl sites for hydroxylation is 1. The van der Waals surface area contributed by atoms with E-state index in [0.29, 0.717) is 29.5 Å². The highest BCUT2D eigenvalue weighted by atomic mass is 32.1. The molecule has 6 heteroatoms. The first kappa shape index (κ1) is 16.0. The van der Waals surface area contributed by atoms with Crippen molar-refractivity contribution in [3.05, 3.63) is 58.2 Å². The summed E-state index contributed by atoms with van der Waals surface area (Å²) in [7, 11) is 0. The molecule has 1 aliphatic rings. The minimum atomic E-state index is -0.00106. The van der Waals surface area contributed by atoms with Crippen LogP contribution in [0.2, 0.25) is 0 Å². The van der Waals surface area contributed by atoms with E-state index in [4.69, 9.17) is 4.52 Å². The molecule has 1 amide bonds. The van der Waals surface area contributed by atoms with Gasteiger partial charge in [-0.15, -0.1) is 11.3 Å². The number of thiazole rings is 1. The normalized spacial score (nSPS) is 17.6. The summed E-state index contributed by atoms with van der Waals surface area (Å²) < 4.78 is 5.48. The Kier molecular flexibility index (Phi) is 4.36. The molecule has 25 heavy (non-hydrogen) atoms. The van der Waals surface area contributed by atoms with Gasteiger partial charge in [-0.1, -0.05) is 35.5 Å². The van der Waals surface area contributed by atoms with Crippen LogP contribution in [0.25, 0.3) is 11.3 Å². The standard InChI is InChI=1S/C19H19N3O2S/c1-13-16(17(24-21-13)14-6-3-2-4-7-14)19(23)22-10-5-8-15(12-22)18-20-9-11-25-18/h2-4,6-7,9,11,15H,5,8,10,12H2,1H3. The number of likely N-dealkylation sites (tertiary alicyclic amines) is 1. The van der Waals surface area contributed by atoms with Crippen LogP contribution in [0, 0.1) is 6.92 Å². The minimum Gasteiger partial charge on any atom is -0.355 e. The highest BCUT2D eigenvalue weighted by Gasteiger charge is 2.31. The number of piperidine rings is 1. The molecule has 3 aromatic rings. The maximum atomic E-state index is 13.2. The summed E-state index contributed by atoms with van der Waals surface area (Å²) in [6.07, 6.45) is 3.89. The van der Waals surface area contributed by atoms with E-state index in [1.54, 1.807) is 11.3 Å². The predicted molar refractivity (Wildman–Crippen MR) is 96.7 cm³/mol. The Hall–Kier alpha value is -2.47. The van der Waals surface area contributed by atoms with Crippen molar-refractivity contribution in [3.63, 3.8) is 0 Å². The minimum absolute atomic E-state index is 0.00106. The van der Waals surface area contributed by atoms with Crippen LogP contribution < -0.4 is 0 Å². The molecule has 1 unspecified atom stereocenters. The summed E-state index contributed by atoms with van der Waals surface area (Å²) in [5.41, 5.74) is 2.09. The zero-order chi connectivity index (χ0) is 17.2. The van der Waals surface area contributed by atoms with E-state index in [-0.39, 0.29) is 5.91 Å². The Bertz CT molecular complexity index is 858. The van der Waals surface area contributed by atoms with E-state index in [9.17, 15) is 4.79 Å². The summed E-state index contributed by atoms with van der Waals surface area (Å²) in [6, 6.07) is 9.68. The fourth-order valence-corrected chi connectivity index (χ4v) is 4.13. The summed E-state index contributed by atoms with van der Waals surface area (Å²) in [5.74, 6) is 0.872. The third kappa shape index (κ3) is 3.09. The zero-order valence-corrected chi connectivity index (χ0v) is 14.8. The molecule has 0 radical (unpaired) electrons. The van der Waals surface area contributed by atoms with E-state index < -0.39 is 0 Å². The molecule has 1 aromatic carbocycles. The van der Waals surface area contributed by atoms with Crippen molar-refractivity contribution in [2.75, 3.05) is 13.1 Å². The van der Waals surface area contributed by atoms with Crippen molar-refractivity contribution in [2.24, 2.45) is 0 Å². The molecular weight excluding hydrogens is 334 g/mol. The first-order valence-corrected chi connectivity index (χ1v) is 9.32. The van der Waals surface area contributed by atoms with E-state index >= 15 is 0 Å². The van der Waals surface area contributed by atoms with Crippen LogP contribution in [0.3, 0.4) is 0 Å². The number of amides is 1. The van der Waals surface area contributed by atoms with Crippen molar-refractivity contribution < 1.29 is 9.32 Å². The molecule has 4 rings (SSSR count). The molecule has 0 N–H and O–H groups in total. The quantitative estimate of drug-likeness (QED) is 0.710.